The Morgan fingerprint density at radius 2 is 1.71 bits per heavy atom. The van der Waals surface area contributed by atoms with E-state index in [1.165, 1.54) is 0 Å². The maximum atomic E-state index is 12.7. The molecule has 1 unspecified atom stereocenters. The molecular formula is C17H20N2OS. The number of aromatic nitrogens is 2. The molecule has 0 bridgehead atoms. The van der Waals surface area contributed by atoms with E-state index in [1.54, 1.807) is 10.2 Å². The van der Waals surface area contributed by atoms with Gasteiger partial charge < -0.3 is 0 Å². The van der Waals surface area contributed by atoms with Gasteiger partial charge in [0, 0.05) is 17.3 Å². The summed E-state index contributed by atoms with van der Waals surface area (Å²) in [5.74, 6) is 0. The zero-order valence-corrected chi connectivity index (χ0v) is 13.6. The quantitative estimate of drug-likeness (QED) is 0.709. The zero-order valence-electron chi connectivity index (χ0n) is 12.8. The first-order valence-electron chi connectivity index (χ1n) is 7.09. The van der Waals surface area contributed by atoms with Gasteiger partial charge in [-0.3, -0.25) is 0 Å². The Bertz CT molecular complexity index is 763. The third-order valence-corrected chi connectivity index (χ3v) is 4.63. The third kappa shape index (κ3) is 2.90. The van der Waals surface area contributed by atoms with Crippen molar-refractivity contribution in [1.29, 1.82) is 0 Å². The van der Waals surface area contributed by atoms with Gasteiger partial charge in [-0.05, 0) is 43.7 Å². The fourth-order valence-corrected chi connectivity index (χ4v) is 3.40. The average molecular weight is 300 g/mol. The monoisotopic (exact) mass is 300 g/mol. The van der Waals surface area contributed by atoms with Crippen molar-refractivity contribution in [2.75, 3.05) is 0 Å². The highest BCUT2D eigenvalue weighted by atomic mass is 32.2. The van der Waals surface area contributed by atoms with Crippen molar-refractivity contribution in [3.63, 3.8) is 0 Å². The van der Waals surface area contributed by atoms with Gasteiger partial charge in [-0.25, -0.2) is 13.2 Å². The lowest BCUT2D eigenvalue weighted by Crippen LogP contribution is -2.07. The third-order valence-electron chi connectivity index (χ3n) is 3.16. The normalized spacial score (nSPS) is 11.8. The van der Waals surface area contributed by atoms with E-state index in [4.69, 9.17) is 0 Å². The lowest BCUT2D eigenvalue weighted by Gasteiger charge is -2.07. The van der Waals surface area contributed by atoms with Crippen LogP contribution in [-0.4, -0.2) is 13.2 Å². The molecule has 0 saturated heterocycles. The molecule has 0 aliphatic carbocycles. The first-order chi connectivity index (χ1) is 10.2. The molecule has 0 aliphatic heterocycles. The Kier molecular flexibility index (Phi) is 4.91. The molecule has 0 amide bonds. The average Bonchev–Trinajstić information content (AvgIpc) is 2.87. The number of aryl methyl sites for hydroxylation is 2. The molecule has 3 rings (SSSR count). The number of pyridine rings is 1. The first kappa shape index (κ1) is 15.4. The summed E-state index contributed by atoms with van der Waals surface area (Å²) in [6.45, 7) is 8.00. The van der Waals surface area contributed by atoms with Gasteiger partial charge in [-0.15, -0.1) is 0 Å². The van der Waals surface area contributed by atoms with E-state index in [9.17, 15) is 4.21 Å². The molecule has 0 radical (unpaired) electrons. The number of hydrogen-bond donors (Lipinski definition) is 0. The molecule has 21 heavy (non-hydrogen) atoms. The maximum absolute atomic E-state index is 12.7. The first-order valence-corrected chi connectivity index (χ1v) is 8.20. The van der Waals surface area contributed by atoms with Gasteiger partial charge in [-0.1, -0.05) is 32.0 Å². The molecule has 0 aliphatic rings. The van der Waals surface area contributed by atoms with Gasteiger partial charge in [0.25, 0.3) is 0 Å². The Labute approximate surface area is 128 Å². The van der Waals surface area contributed by atoms with Crippen LogP contribution < -0.4 is 0 Å². The van der Waals surface area contributed by atoms with E-state index in [0.29, 0.717) is 0 Å². The molecule has 0 spiro atoms. The lowest BCUT2D eigenvalue weighted by atomic mass is 10.2. The second-order valence-corrected chi connectivity index (χ2v) is 5.84. The van der Waals surface area contributed by atoms with Gasteiger partial charge in [0.15, 0.2) is 16.6 Å². The number of hydrogen-bond acceptors (Lipinski definition) is 2. The highest BCUT2D eigenvalue weighted by Gasteiger charge is 2.14. The van der Waals surface area contributed by atoms with Crippen molar-refractivity contribution >= 4 is 22.0 Å². The highest BCUT2D eigenvalue weighted by molar-refractivity contribution is 7.83. The van der Waals surface area contributed by atoms with Crippen LogP contribution in [0.3, 0.4) is 0 Å². The van der Waals surface area contributed by atoms with Crippen molar-refractivity contribution in [3.05, 3.63) is 59.9 Å². The fraction of sp³-hybridized carbons (Fsp3) is 0.235. The summed E-state index contributed by atoms with van der Waals surface area (Å²) in [4.78, 5) is 5.16. The number of rotatable bonds is 2. The molecule has 3 aromatic rings. The fourth-order valence-electron chi connectivity index (χ4n) is 2.18. The van der Waals surface area contributed by atoms with Gasteiger partial charge in [-0.2, -0.15) is 0 Å². The predicted octanol–water partition coefficient (Wildman–Crippen LogP) is 4.25. The van der Waals surface area contributed by atoms with Crippen LogP contribution in [0.5, 0.6) is 0 Å². The molecule has 0 N–H and O–H groups in total. The van der Waals surface area contributed by atoms with Crippen molar-refractivity contribution in [3.8, 4) is 0 Å². The summed E-state index contributed by atoms with van der Waals surface area (Å²) in [5, 5.41) is 1.06. The zero-order chi connectivity index (χ0) is 15.4. The molecule has 4 heteroatoms. The van der Waals surface area contributed by atoms with E-state index in [-0.39, 0.29) is 0 Å². The van der Waals surface area contributed by atoms with Crippen LogP contribution in [-0.2, 0) is 11.0 Å². The summed E-state index contributed by atoms with van der Waals surface area (Å²) in [5.41, 5.74) is 2.88. The molecule has 110 valence electrons. The maximum Gasteiger partial charge on any atom is 0.158 e. The molecule has 1 atom stereocenters. The Hall–Kier alpha value is -1.94. The molecule has 3 nitrogen and oxygen atoms in total. The minimum Gasteiger partial charge on any atom is -0.243 e. The summed E-state index contributed by atoms with van der Waals surface area (Å²) in [6, 6.07) is 13.5. The second kappa shape index (κ2) is 6.68. The minimum atomic E-state index is -1.26. The van der Waals surface area contributed by atoms with Crippen molar-refractivity contribution < 1.29 is 4.21 Å². The number of benzene rings is 1. The van der Waals surface area contributed by atoms with Crippen LogP contribution in [0.4, 0.5) is 0 Å². The summed E-state index contributed by atoms with van der Waals surface area (Å²) in [7, 11) is -1.26. The van der Waals surface area contributed by atoms with E-state index < -0.39 is 11.0 Å². The van der Waals surface area contributed by atoms with Crippen LogP contribution in [0.15, 0.2) is 53.6 Å². The van der Waals surface area contributed by atoms with Gasteiger partial charge in [0.05, 0.1) is 4.90 Å². The topological polar surface area (TPSA) is 34.9 Å². The van der Waals surface area contributed by atoms with Crippen LogP contribution in [0.25, 0.3) is 11.0 Å². The van der Waals surface area contributed by atoms with E-state index in [1.807, 2.05) is 70.2 Å². The van der Waals surface area contributed by atoms with Crippen LogP contribution >= 0.6 is 0 Å². The summed E-state index contributed by atoms with van der Waals surface area (Å²) >= 11 is 0. The molecule has 1 aromatic carbocycles. The van der Waals surface area contributed by atoms with Gasteiger partial charge in [0.2, 0.25) is 0 Å². The van der Waals surface area contributed by atoms with E-state index in [2.05, 4.69) is 4.98 Å². The van der Waals surface area contributed by atoms with Crippen molar-refractivity contribution in [2.24, 2.45) is 0 Å². The Morgan fingerprint density at radius 1 is 1.05 bits per heavy atom. The van der Waals surface area contributed by atoms with Gasteiger partial charge in [0.1, 0.15) is 0 Å². The SMILES string of the molecule is CC.Cc1ccnc2c1cc(C)n2S(=O)c1ccccc1. The van der Waals surface area contributed by atoms with Crippen LogP contribution in [0, 0.1) is 13.8 Å². The van der Waals surface area contributed by atoms with Crippen LogP contribution in [0.1, 0.15) is 25.1 Å². The second-order valence-electron chi connectivity index (χ2n) is 4.51. The molecule has 0 saturated carbocycles. The summed E-state index contributed by atoms with van der Waals surface area (Å²) in [6.07, 6.45) is 1.76. The van der Waals surface area contributed by atoms with E-state index >= 15 is 0 Å². The molecule has 0 fully saturated rings. The smallest absolute Gasteiger partial charge is 0.158 e. The summed E-state index contributed by atoms with van der Waals surface area (Å²) < 4.78 is 14.5. The van der Waals surface area contributed by atoms with E-state index in [0.717, 1.165) is 27.2 Å². The van der Waals surface area contributed by atoms with Gasteiger partial charge >= 0.3 is 0 Å². The molecular weight excluding hydrogens is 280 g/mol. The highest BCUT2D eigenvalue weighted by Crippen LogP contribution is 2.23. The molecule has 2 aromatic heterocycles. The van der Waals surface area contributed by atoms with Crippen LogP contribution in [0.2, 0.25) is 0 Å². The minimum absolute atomic E-state index is 0.777. The largest absolute Gasteiger partial charge is 0.243 e. The molecule has 2 heterocycles. The Morgan fingerprint density at radius 3 is 2.38 bits per heavy atom. The van der Waals surface area contributed by atoms with Crippen molar-refractivity contribution in [1.82, 2.24) is 8.96 Å². The Balaban J connectivity index is 0.000000774. The van der Waals surface area contributed by atoms with Crippen molar-refractivity contribution in [2.45, 2.75) is 32.6 Å². The standard InChI is InChI=1S/C15H14N2OS.C2H6/c1-11-8-9-16-15-14(11)10-12(2)17(15)19(18)13-6-4-3-5-7-13;1-2/h3-10H,1-2H3;1-2H3. The lowest BCUT2D eigenvalue weighted by molar-refractivity contribution is 0.677. The number of nitrogens with zero attached hydrogens (tertiary/aromatic N) is 2. The predicted molar refractivity (Wildman–Crippen MR) is 88.8 cm³/mol. The number of fused-ring (bicyclic) bond motifs is 1.